The molecular weight excluding hydrogens is 263 g/mol. The van der Waals surface area contributed by atoms with Crippen LogP contribution in [0.5, 0.6) is 0 Å². The summed E-state index contributed by atoms with van der Waals surface area (Å²) >= 11 is 0. The Morgan fingerprint density at radius 1 is 1.39 bits per heavy atom. The number of amides is 1. The van der Waals surface area contributed by atoms with Gasteiger partial charge in [-0.05, 0) is 6.42 Å². The molecule has 2 N–H and O–H groups in total. The van der Waals surface area contributed by atoms with Crippen LogP contribution < -0.4 is 5.32 Å². The van der Waals surface area contributed by atoms with Gasteiger partial charge in [0.1, 0.15) is 6.73 Å². The molecule has 0 spiro atoms. The van der Waals surface area contributed by atoms with E-state index in [1.165, 1.54) is 0 Å². The minimum Gasteiger partial charge on any atom is -0.332 e. The summed E-state index contributed by atoms with van der Waals surface area (Å²) in [6, 6.07) is 0. The molecule has 1 amide bonds. The summed E-state index contributed by atoms with van der Waals surface area (Å²) in [6.07, 6.45) is 0.695. The molecule has 0 radical (unpaired) electrons. The lowest BCUT2D eigenvalue weighted by Crippen LogP contribution is -2.36. The van der Waals surface area contributed by atoms with Crippen molar-refractivity contribution in [3.05, 3.63) is 0 Å². The number of nitrogens with zero attached hydrogens (tertiary/aromatic N) is 1. The average molecular weight is 287 g/mol. The lowest BCUT2D eigenvalue weighted by molar-refractivity contribution is -0.887. The molecule has 0 aliphatic rings. The Hall–Kier alpha value is -0.460. The van der Waals surface area contributed by atoms with Crippen molar-refractivity contribution < 1.29 is 27.8 Å². The molecule has 0 bridgehead atoms. The highest BCUT2D eigenvalue weighted by atomic mass is 31.2. The molecule has 0 aromatic rings. The maximum atomic E-state index is 11.4. The summed E-state index contributed by atoms with van der Waals surface area (Å²) in [6.45, 7) is 3.34. The van der Waals surface area contributed by atoms with Crippen LogP contribution in [0.2, 0.25) is 0 Å². The number of rotatable bonds is 8. The number of quaternary nitrogens is 1. The minimum absolute atomic E-state index is 0.0348. The Kier molecular flexibility index (Phi) is 7.02. The Balaban J connectivity index is 3.98. The fourth-order valence-electron chi connectivity index (χ4n) is 0.828. The van der Waals surface area contributed by atoms with E-state index in [1.807, 2.05) is 28.1 Å². The van der Waals surface area contributed by atoms with Crippen molar-refractivity contribution in [2.24, 2.45) is 5.92 Å². The highest BCUT2D eigenvalue weighted by Crippen LogP contribution is 2.42. The minimum atomic E-state index is -4.11. The van der Waals surface area contributed by atoms with Crippen LogP contribution in [-0.2, 0) is 18.4 Å². The molecule has 0 aromatic carbocycles. The van der Waals surface area contributed by atoms with E-state index in [-0.39, 0.29) is 25.3 Å². The van der Waals surface area contributed by atoms with Crippen LogP contribution in [0.4, 0.5) is 0 Å². The first kappa shape index (κ1) is 17.5. The molecule has 0 aliphatic heterocycles. The van der Waals surface area contributed by atoms with Crippen molar-refractivity contribution >= 4 is 13.7 Å². The first-order chi connectivity index (χ1) is 8.07. The summed E-state index contributed by atoms with van der Waals surface area (Å²) in [4.78, 5) is 20.7. The van der Waals surface area contributed by atoms with Crippen LogP contribution in [0.1, 0.15) is 20.3 Å². The van der Waals surface area contributed by atoms with Gasteiger partial charge in [0, 0.05) is 5.92 Å². The molecule has 0 aromatic heterocycles. The Morgan fingerprint density at radius 3 is 2.39 bits per heavy atom. The maximum Gasteiger partial charge on any atom is 0.478 e. The lowest BCUT2D eigenvalue weighted by Gasteiger charge is -2.24. The second kappa shape index (κ2) is 7.21. The molecular formula is C10H24N2O5P+. The largest absolute Gasteiger partial charge is 0.478 e. The molecule has 7 nitrogen and oxygen atoms in total. The fourth-order valence-corrected chi connectivity index (χ4v) is 1.62. The number of carbonyl (C=O) groups excluding carboxylic acids is 1. The van der Waals surface area contributed by atoms with Crippen molar-refractivity contribution in [2.45, 2.75) is 20.3 Å². The van der Waals surface area contributed by atoms with E-state index in [4.69, 9.17) is 4.52 Å². The maximum absolute atomic E-state index is 11.4. The molecule has 2 atom stereocenters. The van der Waals surface area contributed by atoms with Gasteiger partial charge >= 0.3 is 7.82 Å². The topological polar surface area (TPSA) is 84.9 Å². The molecule has 0 rings (SSSR count). The van der Waals surface area contributed by atoms with E-state index >= 15 is 0 Å². The van der Waals surface area contributed by atoms with Crippen LogP contribution in [-0.4, -0.2) is 49.9 Å². The summed E-state index contributed by atoms with van der Waals surface area (Å²) < 4.78 is 21.2. The lowest BCUT2D eigenvalue weighted by atomic mass is 10.1. The molecule has 2 unspecified atom stereocenters. The SMILES string of the molecule is CCC(C)C(=O)NCOP(=O)(O)OC[15N+]([13CH3])([13CH3])[13CH3]. The number of phosphoric acid groups is 1. The number of nitrogens with one attached hydrogen (secondary N) is 1. The molecule has 0 saturated carbocycles. The zero-order valence-corrected chi connectivity index (χ0v) is 12.6. The quantitative estimate of drug-likeness (QED) is 0.228. The van der Waals surface area contributed by atoms with Gasteiger partial charge < -0.3 is 14.7 Å². The van der Waals surface area contributed by atoms with E-state index < -0.39 is 7.82 Å². The molecule has 0 heterocycles. The van der Waals surface area contributed by atoms with Gasteiger partial charge in [0.05, 0.1) is 21.1 Å². The van der Waals surface area contributed by atoms with Gasteiger partial charge in [-0.3, -0.25) is 9.32 Å². The number of carbonyl (C=O) groups is 1. The van der Waals surface area contributed by atoms with Gasteiger partial charge in [0.25, 0.3) is 0 Å². The van der Waals surface area contributed by atoms with Gasteiger partial charge in [-0.25, -0.2) is 9.09 Å². The van der Waals surface area contributed by atoms with Gasteiger partial charge in [-0.1, -0.05) is 13.8 Å². The first-order valence-corrected chi connectivity index (χ1v) is 7.27. The van der Waals surface area contributed by atoms with E-state index in [0.717, 1.165) is 0 Å². The van der Waals surface area contributed by atoms with E-state index in [1.54, 1.807) is 6.92 Å². The zero-order valence-electron chi connectivity index (χ0n) is 11.7. The summed E-state index contributed by atoms with van der Waals surface area (Å²) in [5.41, 5.74) is 0. The molecule has 0 saturated heterocycles. The van der Waals surface area contributed by atoms with E-state index in [0.29, 0.717) is 10.9 Å². The second-order valence-corrected chi connectivity index (χ2v) is 6.59. The van der Waals surface area contributed by atoms with Gasteiger partial charge in [0.2, 0.25) is 5.91 Å². The highest BCUT2D eigenvalue weighted by molar-refractivity contribution is 7.47. The molecule has 108 valence electrons. The van der Waals surface area contributed by atoms with E-state index in [9.17, 15) is 14.3 Å². The van der Waals surface area contributed by atoms with Crippen molar-refractivity contribution in [1.29, 1.82) is 0 Å². The van der Waals surface area contributed by atoms with Gasteiger partial charge in [-0.2, -0.15) is 0 Å². The third-order valence-electron chi connectivity index (χ3n) is 2.14. The highest BCUT2D eigenvalue weighted by Gasteiger charge is 2.25. The third kappa shape index (κ3) is 8.60. The zero-order chi connectivity index (χ0) is 14.4. The van der Waals surface area contributed by atoms with Crippen molar-refractivity contribution in [2.75, 3.05) is 34.6 Å². The number of hydrogen-bond acceptors (Lipinski definition) is 4. The first-order valence-electron chi connectivity index (χ1n) is 5.77. The Bertz CT molecular complexity index is 316. The van der Waals surface area contributed by atoms with Crippen LogP contribution in [0.25, 0.3) is 0 Å². The van der Waals surface area contributed by atoms with Crippen LogP contribution in [0.3, 0.4) is 0 Å². The average Bonchev–Trinajstić information content (AvgIpc) is 2.24. The number of phosphoric ester groups is 1. The van der Waals surface area contributed by atoms with E-state index in [2.05, 4.69) is 9.84 Å². The van der Waals surface area contributed by atoms with Crippen LogP contribution >= 0.6 is 7.82 Å². The molecule has 18 heavy (non-hydrogen) atoms. The van der Waals surface area contributed by atoms with Crippen LogP contribution in [0, 0.1) is 5.92 Å². The number of hydrogen-bond donors (Lipinski definition) is 2. The van der Waals surface area contributed by atoms with Gasteiger partial charge in [-0.15, -0.1) is 0 Å². The Labute approximate surface area is 108 Å². The normalized spacial score (nSPS) is 17.0. The fraction of sp³-hybridized carbons (Fsp3) is 0.900. The molecule has 8 heteroatoms. The molecule has 0 fully saturated rings. The smallest absolute Gasteiger partial charge is 0.332 e. The Morgan fingerprint density at radius 2 is 1.94 bits per heavy atom. The van der Waals surface area contributed by atoms with Crippen LogP contribution in [0.15, 0.2) is 0 Å². The molecule has 0 aliphatic carbocycles. The van der Waals surface area contributed by atoms with Crippen molar-refractivity contribution in [3.63, 3.8) is 0 Å². The summed E-state index contributed by atoms with van der Waals surface area (Å²) in [7, 11) is 1.32. The van der Waals surface area contributed by atoms with Gasteiger partial charge in [0.15, 0.2) is 6.73 Å². The predicted octanol–water partition coefficient (Wildman–Crippen LogP) is 0.903. The standard InChI is InChI=1S/C10H23N2O5P/c1-6-9(2)10(13)11-7-16-18(14,15)17-8-12(3,4)5/h9H,6-8H2,1-5H3,(H-,11,13,14,15)/p+1/i3+1,4+1,5+1,12+1. The summed E-state index contributed by atoms with van der Waals surface area (Å²) in [5, 5.41) is 2.41. The summed E-state index contributed by atoms with van der Waals surface area (Å²) in [5.74, 6) is -0.372. The monoisotopic (exact) mass is 287 g/mol. The van der Waals surface area contributed by atoms with Crippen molar-refractivity contribution in [1.82, 2.24) is 5.32 Å². The third-order valence-corrected chi connectivity index (χ3v) is 3.04. The second-order valence-electron chi connectivity index (χ2n) is 5.14. The predicted molar refractivity (Wildman–Crippen MR) is 67.4 cm³/mol. The van der Waals surface area contributed by atoms with Crippen molar-refractivity contribution in [3.8, 4) is 0 Å².